The molecule has 1 fully saturated rings. The van der Waals surface area contributed by atoms with E-state index >= 15 is 0 Å². The van der Waals surface area contributed by atoms with Crippen LogP contribution < -0.4 is 14.8 Å². The highest BCUT2D eigenvalue weighted by Crippen LogP contribution is 2.40. The van der Waals surface area contributed by atoms with Crippen LogP contribution in [0.2, 0.25) is 0 Å². The van der Waals surface area contributed by atoms with Crippen molar-refractivity contribution in [3.63, 3.8) is 0 Å². The molecule has 0 unspecified atom stereocenters. The molecule has 1 aliphatic heterocycles. The lowest BCUT2D eigenvalue weighted by atomic mass is 9.91. The molecular formula is C28H32FN3O4. The molecule has 2 aliphatic rings. The average molecular weight is 494 g/mol. The zero-order valence-corrected chi connectivity index (χ0v) is 21.0. The quantitative estimate of drug-likeness (QED) is 0.542. The molecule has 0 saturated heterocycles. The average Bonchev–Trinajstić information content (AvgIpc) is 3.27. The minimum Gasteiger partial charge on any atom is -0.496 e. The maximum Gasteiger partial charge on any atom is 0.271 e. The number of methoxy groups -OCH3 is 2. The second kappa shape index (κ2) is 9.48. The van der Waals surface area contributed by atoms with Crippen molar-refractivity contribution in [1.29, 1.82) is 0 Å². The Hall–Kier alpha value is -3.55. The Morgan fingerprint density at radius 2 is 1.72 bits per heavy atom. The van der Waals surface area contributed by atoms with Gasteiger partial charge in [-0.25, -0.2) is 4.39 Å². The molecule has 36 heavy (non-hydrogen) atoms. The number of halogens is 1. The van der Waals surface area contributed by atoms with Crippen LogP contribution in [0.25, 0.3) is 10.9 Å². The summed E-state index contributed by atoms with van der Waals surface area (Å²) in [7, 11) is 3.17. The highest BCUT2D eigenvalue weighted by Gasteiger charge is 2.48. The van der Waals surface area contributed by atoms with E-state index < -0.39 is 5.54 Å². The summed E-state index contributed by atoms with van der Waals surface area (Å²) >= 11 is 0. The fourth-order valence-corrected chi connectivity index (χ4v) is 5.56. The molecule has 1 N–H and O–H groups in total. The molecule has 0 bridgehead atoms. The standard InChI is InChI=1S/C28H32FN3O4/c1-28(27(34)30-20-7-5-4-6-8-20)17-31-22(15-21-23(35-2)13-14-24(36-3)25(21)31)26(33)32(28)16-18-9-11-19(29)12-10-18/h9-15,20H,4-8,16-17H2,1-3H3,(H,30,34)/t28-/m0/s1. The van der Waals surface area contributed by atoms with Crippen molar-refractivity contribution in [3.8, 4) is 11.5 Å². The summed E-state index contributed by atoms with van der Waals surface area (Å²) in [6, 6.07) is 11.6. The van der Waals surface area contributed by atoms with E-state index in [4.69, 9.17) is 9.47 Å². The van der Waals surface area contributed by atoms with Crippen molar-refractivity contribution in [3.05, 3.63) is 59.5 Å². The fourth-order valence-electron chi connectivity index (χ4n) is 5.56. The Morgan fingerprint density at radius 3 is 2.39 bits per heavy atom. The largest absolute Gasteiger partial charge is 0.496 e. The SMILES string of the molecule is COc1ccc(OC)c2c1cc1n2C[C@@](C)(C(=O)NC2CCCCC2)N(Cc2ccc(F)cc2)C1=O. The first-order valence-corrected chi connectivity index (χ1v) is 12.5. The highest BCUT2D eigenvalue weighted by atomic mass is 19.1. The van der Waals surface area contributed by atoms with E-state index in [0.29, 0.717) is 17.2 Å². The Balaban J connectivity index is 1.61. The number of amides is 2. The van der Waals surface area contributed by atoms with Gasteiger partial charge in [0, 0.05) is 18.0 Å². The van der Waals surface area contributed by atoms with Gasteiger partial charge in [-0.1, -0.05) is 31.4 Å². The first-order valence-electron chi connectivity index (χ1n) is 12.5. The van der Waals surface area contributed by atoms with E-state index in [1.54, 1.807) is 37.3 Å². The Bertz CT molecular complexity index is 1300. The van der Waals surface area contributed by atoms with Gasteiger partial charge in [-0.3, -0.25) is 9.59 Å². The van der Waals surface area contributed by atoms with Gasteiger partial charge < -0.3 is 24.3 Å². The predicted molar refractivity (Wildman–Crippen MR) is 135 cm³/mol. The van der Waals surface area contributed by atoms with Gasteiger partial charge in [-0.2, -0.15) is 0 Å². The van der Waals surface area contributed by atoms with Crippen molar-refractivity contribution in [1.82, 2.24) is 14.8 Å². The van der Waals surface area contributed by atoms with Crippen LogP contribution in [0.5, 0.6) is 11.5 Å². The number of aromatic nitrogens is 1. The van der Waals surface area contributed by atoms with Gasteiger partial charge >= 0.3 is 0 Å². The highest BCUT2D eigenvalue weighted by molar-refractivity contribution is 6.05. The van der Waals surface area contributed by atoms with Crippen molar-refractivity contribution >= 4 is 22.7 Å². The molecule has 2 aromatic carbocycles. The fraction of sp³-hybridized carbons (Fsp3) is 0.429. The monoisotopic (exact) mass is 493 g/mol. The van der Waals surface area contributed by atoms with Gasteiger partial charge in [0.1, 0.15) is 28.5 Å². The minimum atomic E-state index is -1.17. The van der Waals surface area contributed by atoms with Crippen LogP contribution in [0.3, 0.4) is 0 Å². The molecule has 1 atom stereocenters. The Kier molecular flexibility index (Phi) is 6.36. The normalized spacial score (nSPS) is 20.3. The number of nitrogens with zero attached hydrogens (tertiary/aromatic N) is 2. The number of fused-ring (bicyclic) bond motifs is 3. The van der Waals surface area contributed by atoms with Crippen LogP contribution in [0.4, 0.5) is 4.39 Å². The van der Waals surface area contributed by atoms with E-state index in [0.717, 1.165) is 42.1 Å². The van der Waals surface area contributed by atoms with Crippen LogP contribution >= 0.6 is 0 Å². The molecule has 5 rings (SSSR count). The lowest BCUT2D eigenvalue weighted by Crippen LogP contribution is -2.64. The van der Waals surface area contributed by atoms with Crippen molar-refractivity contribution in [2.45, 2.75) is 63.7 Å². The summed E-state index contributed by atoms with van der Waals surface area (Å²) in [5, 5.41) is 3.98. The second-order valence-corrected chi connectivity index (χ2v) is 9.95. The number of carbonyl (C=O) groups excluding carboxylic acids is 2. The van der Waals surface area contributed by atoms with Gasteiger partial charge in [-0.15, -0.1) is 0 Å². The molecule has 1 aromatic heterocycles. The van der Waals surface area contributed by atoms with Crippen molar-refractivity contribution < 1.29 is 23.5 Å². The molecule has 0 radical (unpaired) electrons. The predicted octanol–water partition coefficient (Wildman–Crippen LogP) is 4.66. The minimum absolute atomic E-state index is 0.100. The molecule has 1 aliphatic carbocycles. The molecule has 1 saturated carbocycles. The van der Waals surface area contributed by atoms with Gasteiger partial charge in [0.05, 0.1) is 26.3 Å². The van der Waals surface area contributed by atoms with Crippen LogP contribution in [0.15, 0.2) is 42.5 Å². The number of hydrogen-bond donors (Lipinski definition) is 1. The number of rotatable bonds is 6. The van der Waals surface area contributed by atoms with Gasteiger partial charge in [0.25, 0.3) is 5.91 Å². The van der Waals surface area contributed by atoms with E-state index in [2.05, 4.69) is 5.32 Å². The van der Waals surface area contributed by atoms with Gasteiger partial charge in [-0.05, 0) is 55.7 Å². The lowest BCUT2D eigenvalue weighted by Gasteiger charge is -2.45. The molecule has 2 amide bonds. The third-order valence-corrected chi connectivity index (χ3v) is 7.63. The second-order valence-electron chi connectivity index (χ2n) is 9.95. The van der Waals surface area contributed by atoms with Crippen molar-refractivity contribution in [2.24, 2.45) is 0 Å². The molecular weight excluding hydrogens is 461 g/mol. The molecule has 2 heterocycles. The zero-order valence-electron chi connectivity index (χ0n) is 21.0. The van der Waals surface area contributed by atoms with Crippen LogP contribution in [0, 0.1) is 5.82 Å². The summed E-state index contributed by atoms with van der Waals surface area (Å²) in [6.07, 6.45) is 5.23. The van der Waals surface area contributed by atoms with E-state index in [-0.39, 0.29) is 36.8 Å². The third-order valence-electron chi connectivity index (χ3n) is 7.63. The topological polar surface area (TPSA) is 72.8 Å². The number of nitrogens with one attached hydrogen (secondary N) is 1. The number of ether oxygens (including phenoxy) is 2. The smallest absolute Gasteiger partial charge is 0.271 e. The Morgan fingerprint density at radius 1 is 1.06 bits per heavy atom. The lowest BCUT2D eigenvalue weighted by molar-refractivity contribution is -0.134. The van der Waals surface area contributed by atoms with Gasteiger partial charge in [0.15, 0.2) is 0 Å². The van der Waals surface area contributed by atoms with Crippen LogP contribution in [-0.4, -0.2) is 47.1 Å². The van der Waals surface area contributed by atoms with Crippen LogP contribution in [-0.2, 0) is 17.9 Å². The summed E-state index contributed by atoms with van der Waals surface area (Å²) in [5.41, 5.74) is 0.757. The summed E-state index contributed by atoms with van der Waals surface area (Å²) in [6.45, 7) is 2.25. The summed E-state index contributed by atoms with van der Waals surface area (Å²) in [4.78, 5) is 29.6. The number of hydrogen-bond acceptors (Lipinski definition) is 4. The summed E-state index contributed by atoms with van der Waals surface area (Å²) in [5.74, 6) is 0.429. The number of benzene rings is 2. The van der Waals surface area contributed by atoms with E-state index in [1.807, 2.05) is 23.6 Å². The zero-order chi connectivity index (χ0) is 25.4. The first kappa shape index (κ1) is 24.2. The molecule has 190 valence electrons. The maximum atomic E-state index is 14.0. The molecule has 3 aromatic rings. The Labute approximate surface area is 210 Å². The summed E-state index contributed by atoms with van der Waals surface area (Å²) < 4.78 is 26.6. The molecule has 8 heteroatoms. The van der Waals surface area contributed by atoms with Gasteiger partial charge in [0.2, 0.25) is 5.91 Å². The molecule has 0 spiro atoms. The third kappa shape index (κ3) is 4.08. The number of carbonyl (C=O) groups is 2. The first-order chi connectivity index (χ1) is 17.4. The molecule has 7 nitrogen and oxygen atoms in total. The van der Waals surface area contributed by atoms with E-state index in [9.17, 15) is 14.0 Å². The van der Waals surface area contributed by atoms with Crippen molar-refractivity contribution in [2.75, 3.05) is 14.2 Å². The maximum absolute atomic E-state index is 14.0. The van der Waals surface area contributed by atoms with E-state index in [1.165, 1.54) is 18.6 Å². The van der Waals surface area contributed by atoms with Crippen LogP contribution in [0.1, 0.15) is 55.1 Å².